The van der Waals surface area contributed by atoms with Crippen LogP contribution in [0.25, 0.3) is 5.57 Å². The van der Waals surface area contributed by atoms with Gasteiger partial charge in [-0.2, -0.15) is 0 Å². The Bertz CT molecular complexity index is 1270. The second-order valence-electron chi connectivity index (χ2n) is 8.10. The summed E-state index contributed by atoms with van der Waals surface area (Å²) in [6.45, 7) is 5.47. The highest BCUT2D eigenvalue weighted by atomic mass is 32.2. The van der Waals surface area contributed by atoms with E-state index in [4.69, 9.17) is 17.0 Å². The van der Waals surface area contributed by atoms with Gasteiger partial charge in [-0.3, -0.25) is 24.2 Å². The van der Waals surface area contributed by atoms with Gasteiger partial charge < -0.3 is 10.1 Å². The van der Waals surface area contributed by atoms with Crippen LogP contribution in [0.1, 0.15) is 36.7 Å². The number of ether oxygens (including phenoxy) is 1. The molecule has 0 aliphatic carbocycles. The molecule has 180 valence electrons. The van der Waals surface area contributed by atoms with Gasteiger partial charge in [0, 0.05) is 17.3 Å². The SMILES string of the molecule is CCOC(=O)c1ccc(NC(=O)CN2C(=O)C(=C3SC(=S)N(C(C)C)C3=O)c3ccccc32)cc1. The van der Waals surface area contributed by atoms with E-state index in [2.05, 4.69) is 5.32 Å². The lowest BCUT2D eigenvalue weighted by Crippen LogP contribution is -2.36. The molecule has 1 saturated heterocycles. The van der Waals surface area contributed by atoms with Gasteiger partial charge in [0.2, 0.25) is 5.91 Å². The molecular weight excluding hydrogens is 486 g/mol. The lowest BCUT2D eigenvalue weighted by Gasteiger charge is -2.18. The van der Waals surface area contributed by atoms with E-state index < -0.39 is 17.8 Å². The van der Waals surface area contributed by atoms with Crippen LogP contribution in [0.5, 0.6) is 0 Å². The van der Waals surface area contributed by atoms with Crippen LogP contribution in [-0.4, -0.2) is 52.1 Å². The zero-order valence-corrected chi connectivity index (χ0v) is 21.0. The summed E-state index contributed by atoms with van der Waals surface area (Å²) in [5.41, 5.74) is 2.24. The van der Waals surface area contributed by atoms with Crippen LogP contribution < -0.4 is 10.2 Å². The van der Waals surface area contributed by atoms with E-state index in [1.165, 1.54) is 9.80 Å². The molecule has 1 fully saturated rings. The van der Waals surface area contributed by atoms with Crippen molar-refractivity contribution in [3.05, 3.63) is 64.6 Å². The van der Waals surface area contributed by atoms with E-state index in [0.29, 0.717) is 26.8 Å². The van der Waals surface area contributed by atoms with Gasteiger partial charge in [0.15, 0.2) is 0 Å². The summed E-state index contributed by atoms with van der Waals surface area (Å²) in [5.74, 6) is -1.60. The lowest BCUT2D eigenvalue weighted by atomic mass is 10.1. The van der Waals surface area contributed by atoms with Gasteiger partial charge in [0.05, 0.1) is 28.3 Å². The molecule has 0 aromatic heterocycles. The Morgan fingerprint density at radius 1 is 1.06 bits per heavy atom. The molecule has 0 bridgehead atoms. The molecule has 0 atom stereocenters. The number of carbonyl (C=O) groups excluding carboxylic acids is 4. The quantitative estimate of drug-likeness (QED) is 0.359. The van der Waals surface area contributed by atoms with Gasteiger partial charge in [-0.1, -0.05) is 42.2 Å². The fourth-order valence-electron chi connectivity index (χ4n) is 3.88. The summed E-state index contributed by atoms with van der Waals surface area (Å²) in [7, 11) is 0. The smallest absolute Gasteiger partial charge is 0.338 e. The normalized spacial score (nSPS) is 17.3. The minimum Gasteiger partial charge on any atom is -0.462 e. The highest BCUT2D eigenvalue weighted by Crippen LogP contribution is 2.44. The molecule has 2 aliphatic rings. The Kier molecular flexibility index (Phi) is 7.04. The van der Waals surface area contributed by atoms with Crippen molar-refractivity contribution in [3.8, 4) is 0 Å². The predicted octanol–water partition coefficient (Wildman–Crippen LogP) is 3.83. The highest BCUT2D eigenvalue weighted by Gasteiger charge is 2.43. The molecule has 0 radical (unpaired) electrons. The molecule has 2 heterocycles. The van der Waals surface area contributed by atoms with Crippen LogP contribution in [-0.2, 0) is 19.1 Å². The summed E-state index contributed by atoms with van der Waals surface area (Å²) in [5, 5.41) is 2.74. The molecule has 2 aromatic carbocycles. The summed E-state index contributed by atoms with van der Waals surface area (Å²) in [6, 6.07) is 13.2. The van der Waals surface area contributed by atoms with Crippen molar-refractivity contribution in [1.82, 2.24) is 4.90 Å². The Morgan fingerprint density at radius 2 is 1.74 bits per heavy atom. The Hall–Kier alpha value is -3.50. The third-order valence-corrected chi connectivity index (χ3v) is 6.85. The Balaban J connectivity index is 1.56. The molecule has 35 heavy (non-hydrogen) atoms. The zero-order chi connectivity index (χ0) is 25.3. The van der Waals surface area contributed by atoms with Crippen LogP contribution in [0.4, 0.5) is 11.4 Å². The summed E-state index contributed by atoms with van der Waals surface area (Å²) in [4.78, 5) is 54.3. The number of para-hydroxylation sites is 1. The van der Waals surface area contributed by atoms with Crippen LogP contribution in [0.3, 0.4) is 0 Å². The van der Waals surface area contributed by atoms with Gasteiger partial charge >= 0.3 is 5.97 Å². The largest absolute Gasteiger partial charge is 0.462 e. The third kappa shape index (κ3) is 4.71. The number of hydrogen-bond donors (Lipinski definition) is 1. The van der Waals surface area contributed by atoms with E-state index in [1.54, 1.807) is 55.5 Å². The molecule has 8 nitrogen and oxygen atoms in total. The Labute approximate surface area is 212 Å². The van der Waals surface area contributed by atoms with E-state index in [-0.39, 0.29) is 35.6 Å². The molecule has 1 N–H and O–H groups in total. The van der Waals surface area contributed by atoms with Crippen LogP contribution in [0.15, 0.2) is 53.4 Å². The molecule has 0 spiro atoms. The number of nitrogens with one attached hydrogen (secondary N) is 1. The number of anilines is 2. The molecule has 2 aliphatic heterocycles. The fourth-order valence-corrected chi connectivity index (χ4v) is 5.48. The first-order valence-electron chi connectivity index (χ1n) is 11.0. The maximum absolute atomic E-state index is 13.5. The van der Waals surface area contributed by atoms with E-state index in [1.807, 2.05) is 13.8 Å². The second-order valence-corrected chi connectivity index (χ2v) is 9.74. The highest BCUT2D eigenvalue weighted by molar-refractivity contribution is 8.26. The second kappa shape index (κ2) is 10.0. The molecule has 10 heteroatoms. The van der Waals surface area contributed by atoms with Gasteiger partial charge in [-0.15, -0.1) is 0 Å². The van der Waals surface area contributed by atoms with Crippen molar-refractivity contribution in [2.45, 2.75) is 26.8 Å². The van der Waals surface area contributed by atoms with Crippen LogP contribution in [0.2, 0.25) is 0 Å². The first-order valence-corrected chi connectivity index (χ1v) is 12.2. The standard InChI is InChI=1S/C25H23N3O5S2/c1-4-33-24(32)15-9-11-16(12-10-15)26-19(29)13-27-18-8-6-5-7-17(18)20(22(27)30)21-23(31)28(14(2)3)25(34)35-21/h5-12,14H,4,13H2,1-3H3,(H,26,29). The van der Waals surface area contributed by atoms with Crippen LogP contribution >= 0.6 is 24.0 Å². The van der Waals surface area contributed by atoms with Gasteiger partial charge in [-0.25, -0.2) is 4.79 Å². The number of rotatable bonds is 6. The average molecular weight is 510 g/mol. The van der Waals surface area contributed by atoms with Crippen molar-refractivity contribution < 1.29 is 23.9 Å². The minimum absolute atomic E-state index is 0.135. The van der Waals surface area contributed by atoms with E-state index in [9.17, 15) is 19.2 Å². The van der Waals surface area contributed by atoms with Gasteiger partial charge in [0.1, 0.15) is 10.9 Å². The number of amides is 3. The number of carbonyl (C=O) groups is 4. The maximum atomic E-state index is 13.5. The van der Waals surface area contributed by atoms with E-state index >= 15 is 0 Å². The molecule has 0 saturated carbocycles. The lowest BCUT2D eigenvalue weighted by molar-refractivity contribution is -0.123. The number of esters is 1. The minimum atomic E-state index is -0.444. The number of thioether (sulfide) groups is 1. The van der Waals surface area contributed by atoms with Gasteiger partial charge in [0.25, 0.3) is 11.8 Å². The molecule has 2 aromatic rings. The number of fused-ring (bicyclic) bond motifs is 1. The number of hydrogen-bond acceptors (Lipinski definition) is 7. The van der Waals surface area contributed by atoms with Crippen molar-refractivity contribution in [2.24, 2.45) is 0 Å². The summed E-state index contributed by atoms with van der Waals surface area (Å²) >= 11 is 6.48. The maximum Gasteiger partial charge on any atom is 0.338 e. The number of benzene rings is 2. The monoisotopic (exact) mass is 509 g/mol. The predicted molar refractivity (Wildman–Crippen MR) is 139 cm³/mol. The van der Waals surface area contributed by atoms with Crippen molar-refractivity contribution in [2.75, 3.05) is 23.4 Å². The molecule has 4 rings (SSSR count). The van der Waals surface area contributed by atoms with Crippen molar-refractivity contribution >= 4 is 68.9 Å². The molecule has 3 amide bonds. The van der Waals surface area contributed by atoms with Crippen molar-refractivity contribution in [3.63, 3.8) is 0 Å². The van der Waals surface area contributed by atoms with Gasteiger partial charge in [-0.05, 0) is 51.1 Å². The summed E-state index contributed by atoms with van der Waals surface area (Å²) in [6.07, 6.45) is 0. The number of nitrogens with zero attached hydrogens (tertiary/aromatic N) is 2. The van der Waals surface area contributed by atoms with Crippen molar-refractivity contribution in [1.29, 1.82) is 0 Å². The van der Waals surface area contributed by atoms with Crippen LogP contribution in [0, 0.1) is 0 Å². The third-order valence-electron chi connectivity index (χ3n) is 5.45. The number of thiocarbonyl (C=S) groups is 1. The fraction of sp³-hybridized carbons (Fsp3) is 0.240. The first-order chi connectivity index (χ1) is 16.7. The topological polar surface area (TPSA) is 96.0 Å². The average Bonchev–Trinajstić information content (AvgIpc) is 3.26. The molecular formula is C25H23N3O5S2. The Morgan fingerprint density at radius 3 is 2.37 bits per heavy atom. The zero-order valence-electron chi connectivity index (χ0n) is 19.4. The van der Waals surface area contributed by atoms with E-state index in [0.717, 1.165) is 11.8 Å². The molecule has 0 unspecified atom stereocenters. The summed E-state index contributed by atoms with van der Waals surface area (Å²) < 4.78 is 5.36. The first kappa shape index (κ1) is 24.6.